The van der Waals surface area contributed by atoms with Crippen LogP contribution in [0, 0.1) is 17.3 Å². The zero-order chi connectivity index (χ0) is 21.3. The lowest BCUT2D eigenvalue weighted by molar-refractivity contribution is -0.129. The Hall–Kier alpha value is -1.06. The van der Waals surface area contributed by atoms with Crippen LogP contribution in [0.1, 0.15) is 101 Å². The highest BCUT2D eigenvalue weighted by molar-refractivity contribution is 5.87. The van der Waals surface area contributed by atoms with Gasteiger partial charge in [0.15, 0.2) is 0 Å². The van der Waals surface area contributed by atoms with E-state index in [-0.39, 0.29) is 17.8 Å². The molecule has 0 heterocycles. The van der Waals surface area contributed by atoms with E-state index in [1.54, 1.807) is 0 Å². The van der Waals surface area contributed by atoms with E-state index in [2.05, 4.69) is 37.8 Å². The SMILES string of the molecule is CCCCN(CCCC)Cc1cc2c(cc1O)CC[C@@H]1[C@@H]2CC[C@]2(C)C(=O)CC[C@@H]12.Cl. The van der Waals surface area contributed by atoms with Gasteiger partial charge >= 0.3 is 0 Å². The van der Waals surface area contributed by atoms with Crippen molar-refractivity contribution < 1.29 is 9.90 Å². The number of aromatic hydroxyl groups is 1. The number of carbonyl (C=O) groups is 1. The number of rotatable bonds is 8. The summed E-state index contributed by atoms with van der Waals surface area (Å²) >= 11 is 0. The number of aryl methyl sites for hydroxylation is 1. The number of phenolic OH excluding ortho intramolecular Hbond substituents is 1. The Labute approximate surface area is 195 Å². The summed E-state index contributed by atoms with van der Waals surface area (Å²) in [5.74, 6) is 2.81. The van der Waals surface area contributed by atoms with Gasteiger partial charge in [0.2, 0.25) is 0 Å². The first-order valence-corrected chi connectivity index (χ1v) is 12.6. The van der Waals surface area contributed by atoms with Gasteiger partial charge in [-0.25, -0.2) is 0 Å². The number of phenols is 1. The lowest BCUT2D eigenvalue weighted by atomic mass is 9.55. The van der Waals surface area contributed by atoms with Gasteiger partial charge in [-0.3, -0.25) is 9.69 Å². The Morgan fingerprint density at radius 2 is 1.77 bits per heavy atom. The van der Waals surface area contributed by atoms with Crippen molar-refractivity contribution in [2.45, 2.75) is 97.4 Å². The van der Waals surface area contributed by atoms with E-state index in [0.717, 1.165) is 57.3 Å². The third kappa shape index (κ3) is 4.69. The molecule has 4 rings (SSSR count). The molecule has 31 heavy (non-hydrogen) atoms. The van der Waals surface area contributed by atoms with Crippen molar-refractivity contribution in [3.63, 3.8) is 0 Å². The molecule has 0 spiro atoms. The first kappa shape index (κ1) is 24.6. The molecular formula is C27H42ClNO2. The molecule has 4 atom stereocenters. The van der Waals surface area contributed by atoms with Gasteiger partial charge in [-0.2, -0.15) is 0 Å². The molecule has 3 aliphatic carbocycles. The van der Waals surface area contributed by atoms with Crippen LogP contribution in [0.5, 0.6) is 5.75 Å². The average molecular weight is 448 g/mol. The average Bonchev–Trinajstić information content (AvgIpc) is 3.05. The van der Waals surface area contributed by atoms with Crippen molar-refractivity contribution in [3.05, 3.63) is 28.8 Å². The second kappa shape index (κ2) is 10.3. The predicted octanol–water partition coefficient (Wildman–Crippen LogP) is 6.64. The van der Waals surface area contributed by atoms with Crippen LogP contribution < -0.4 is 0 Å². The fourth-order valence-electron chi connectivity index (χ4n) is 6.83. The molecule has 1 aromatic carbocycles. The van der Waals surface area contributed by atoms with Crippen LogP contribution in [0.4, 0.5) is 0 Å². The van der Waals surface area contributed by atoms with Crippen molar-refractivity contribution in [2.24, 2.45) is 17.3 Å². The highest BCUT2D eigenvalue weighted by Gasteiger charge is 2.54. The van der Waals surface area contributed by atoms with Gasteiger partial charge in [0.25, 0.3) is 0 Å². The van der Waals surface area contributed by atoms with Crippen LogP contribution in [0.3, 0.4) is 0 Å². The quantitative estimate of drug-likeness (QED) is 0.485. The number of carbonyl (C=O) groups excluding carboxylic acids is 1. The maximum atomic E-state index is 12.6. The molecule has 2 fully saturated rings. The van der Waals surface area contributed by atoms with Gasteiger partial charge in [-0.1, -0.05) is 39.7 Å². The molecular weight excluding hydrogens is 406 g/mol. The van der Waals surface area contributed by atoms with Crippen molar-refractivity contribution in [1.29, 1.82) is 0 Å². The molecule has 0 radical (unpaired) electrons. The van der Waals surface area contributed by atoms with E-state index in [1.807, 2.05) is 0 Å². The number of benzene rings is 1. The smallest absolute Gasteiger partial charge is 0.139 e. The topological polar surface area (TPSA) is 40.5 Å². The van der Waals surface area contributed by atoms with Crippen molar-refractivity contribution in [1.82, 2.24) is 4.90 Å². The molecule has 3 aliphatic rings. The highest BCUT2D eigenvalue weighted by Crippen LogP contribution is 2.59. The summed E-state index contributed by atoms with van der Waals surface area (Å²) in [6.45, 7) is 9.83. The fourth-order valence-corrected chi connectivity index (χ4v) is 6.83. The van der Waals surface area contributed by atoms with Crippen molar-refractivity contribution in [2.75, 3.05) is 13.1 Å². The van der Waals surface area contributed by atoms with Gasteiger partial charge < -0.3 is 5.11 Å². The minimum absolute atomic E-state index is 0. The maximum absolute atomic E-state index is 12.6. The lowest BCUT2D eigenvalue weighted by Gasteiger charge is -2.48. The molecule has 3 nitrogen and oxygen atoms in total. The first-order valence-electron chi connectivity index (χ1n) is 12.6. The maximum Gasteiger partial charge on any atom is 0.139 e. The van der Waals surface area contributed by atoms with Gasteiger partial charge in [0.1, 0.15) is 11.5 Å². The summed E-state index contributed by atoms with van der Waals surface area (Å²) in [7, 11) is 0. The third-order valence-electron chi connectivity index (χ3n) is 8.68. The number of Topliss-reactive ketones (excluding diaryl/α,β-unsaturated/α-hetero) is 1. The predicted molar refractivity (Wildman–Crippen MR) is 130 cm³/mol. The number of fused-ring (bicyclic) bond motifs is 5. The number of nitrogens with zero attached hydrogens (tertiary/aromatic N) is 1. The molecule has 0 aliphatic heterocycles. The molecule has 0 saturated heterocycles. The summed E-state index contributed by atoms with van der Waals surface area (Å²) in [6.07, 6.45) is 11.2. The zero-order valence-corrected chi connectivity index (χ0v) is 20.6. The molecule has 4 heteroatoms. The van der Waals surface area contributed by atoms with Gasteiger partial charge in [-0.05, 0) is 93.0 Å². The highest BCUT2D eigenvalue weighted by atomic mass is 35.5. The van der Waals surface area contributed by atoms with E-state index < -0.39 is 0 Å². The summed E-state index contributed by atoms with van der Waals surface area (Å²) in [5, 5.41) is 10.8. The minimum atomic E-state index is -0.0600. The van der Waals surface area contributed by atoms with Crippen LogP contribution in [-0.4, -0.2) is 28.9 Å². The third-order valence-corrected chi connectivity index (χ3v) is 8.68. The number of ketones is 1. The molecule has 0 aromatic heterocycles. The van der Waals surface area contributed by atoms with E-state index in [4.69, 9.17) is 0 Å². The van der Waals surface area contributed by atoms with Gasteiger partial charge in [-0.15, -0.1) is 12.4 Å². The first-order chi connectivity index (χ1) is 14.5. The minimum Gasteiger partial charge on any atom is -0.508 e. The Morgan fingerprint density at radius 1 is 1.06 bits per heavy atom. The second-order valence-electron chi connectivity index (χ2n) is 10.5. The van der Waals surface area contributed by atoms with E-state index in [1.165, 1.54) is 43.2 Å². The van der Waals surface area contributed by atoms with Crippen LogP contribution in [0.25, 0.3) is 0 Å². The Balaban J connectivity index is 0.00000272. The monoisotopic (exact) mass is 447 g/mol. The van der Waals surface area contributed by atoms with Crippen LogP contribution >= 0.6 is 12.4 Å². The summed E-state index contributed by atoms with van der Waals surface area (Å²) in [6, 6.07) is 4.43. The van der Waals surface area contributed by atoms with Crippen molar-refractivity contribution in [3.8, 4) is 5.75 Å². The fraction of sp³-hybridized carbons (Fsp3) is 0.741. The van der Waals surface area contributed by atoms with Crippen molar-refractivity contribution >= 4 is 18.2 Å². The molecule has 1 aromatic rings. The zero-order valence-electron chi connectivity index (χ0n) is 19.8. The summed E-state index contributed by atoms with van der Waals surface area (Å²) in [5.41, 5.74) is 3.90. The molecule has 0 amide bonds. The second-order valence-corrected chi connectivity index (χ2v) is 10.5. The van der Waals surface area contributed by atoms with E-state index in [9.17, 15) is 9.90 Å². The Morgan fingerprint density at radius 3 is 2.45 bits per heavy atom. The van der Waals surface area contributed by atoms with Gasteiger partial charge in [0, 0.05) is 23.9 Å². The number of hydrogen-bond acceptors (Lipinski definition) is 3. The van der Waals surface area contributed by atoms with Gasteiger partial charge in [0.05, 0.1) is 0 Å². The van der Waals surface area contributed by atoms with Crippen LogP contribution in [0.2, 0.25) is 0 Å². The number of halogens is 1. The number of unbranched alkanes of at least 4 members (excludes halogenated alkanes) is 2. The standard InChI is InChI=1S/C27H41NO2.ClH/c1-4-6-14-28(15-7-5-2)18-20-16-23-19(17-25(20)29)8-9-22-21(23)12-13-27(3)24(22)10-11-26(27)30;/h16-17,21-22,24,29H,4-15,18H2,1-3H3;1H/t21-,22+,24-,27-;/m0./s1. The Kier molecular flexibility index (Phi) is 8.13. The summed E-state index contributed by atoms with van der Waals surface area (Å²) in [4.78, 5) is 15.1. The Bertz CT molecular complexity index is 771. The molecule has 1 N–H and O–H groups in total. The largest absolute Gasteiger partial charge is 0.508 e. The normalized spacial score (nSPS) is 29.3. The summed E-state index contributed by atoms with van der Waals surface area (Å²) < 4.78 is 0. The van der Waals surface area contributed by atoms with E-state index in [0.29, 0.717) is 29.3 Å². The lowest BCUT2D eigenvalue weighted by Crippen LogP contribution is -2.42. The van der Waals surface area contributed by atoms with E-state index >= 15 is 0 Å². The number of hydrogen-bond donors (Lipinski definition) is 1. The molecule has 174 valence electrons. The molecule has 0 bridgehead atoms. The van der Waals surface area contributed by atoms with Crippen LogP contribution in [-0.2, 0) is 17.8 Å². The molecule has 0 unspecified atom stereocenters. The van der Waals surface area contributed by atoms with Crippen LogP contribution in [0.15, 0.2) is 12.1 Å². The molecule has 2 saturated carbocycles.